The van der Waals surface area contributed by atoms with Crippen molar-refractivity contribution in [2.75, 3.05) is 7.11 Å². The number of hydrogen-bond acceptors (Lipinski definition) is 4. The molecule has 110 valence electrons. The van der Waals surface area contributed by atoms with Crippen molar-refractivity contribution in [1.29, 1.82) is 0 Å². The molecule has 1 aromatic heterocycles. The minimum Gasteiger partial charge on any atom is -0.497 e. The molecule has 0 unspecified atom stereocenters. The Morgan fingerprint density at radius 3 is 2.05 bits per heavy atom. The maximum absolute atomic E-state index is 10.9. The summed E-state index contributed by atoms with van der Waals surface area (Å²) in [5.41, 5.74) is 3.15. The smallest absolute Gasteiger partial charge is 0.365 e. The minimum absolute atomic E-state index is 0.106. The molecule has 0 radical (unpaired) electrons. The van der Waals surface area contributed by atoms with Gasteiger partial charge >= 0.3 is 5.97 Å². The molecule has 4 nitrogen and oxygen atoms in total. The Hall–Kier alpha value is -2.66. The van der Waals surface area contributed by atoms with Crippen LogP contribution in [0.15, 0.2) is 54.7 Å². The van der Waals surface area contributed by atoms with Crippen LogP contribution in [0.1, 0.15) is 9.80 Å². The molecule has 2 aromatic carbocycles. The first-order chi connectivity index (χ1) is 10.7. The van der Waals surface area contributed by atoms with Crippen LogP contribution in [0.2, 0.25) is 0 Å². The summed E-state index contributed by atoms with van der Waals surface area (Å²) < 4.78 is 5.15. The molecule has 3 aromatic rings. The van der Waals surface area contributed by atoms with Crippen molar-refractivity contribution in [3.63, 3.8) is 0 Å². The summed E-state index contributed by atoms with van der Waals surface area (Å²) in [4.78, 5) is 15.6. The Morgan fingerprint density at radius 1 is 1.00 bits per heavy atom. The highest BCUT2D eigenvalue weighted by Gasteiger charge is 2.10. The van der Waals surface area contributed by atoms with E-state index in [1.807, 2.05) is 48.5 Å². The molecule has 0 bridgehead atoms. The van der Waals surface area contributed by atoms with Gasteiger partial charge < -0.3 is 9.84 Å². The topological polar surface area (TPSA) is 59.4 Å². The van der Waals surface area contributed by atoms with Crippen LogP contribution in [0.5, 0.6) is 5.75 Å². The Kier molecular flexibility index (Phi) is 3.89. The van der Waals surface area contributed by atoms with Gasteiger partial charge in [-0.15, -0.1) is 11.3 Å². The van der Waals surface area contributed by atoms with Gasteiger partial charge in [0.1, 0.15) is 5.75 Å². The molecule has 1 N–H and O–H groups in total. The van der Waals surface area contributed by atoms with Crippen LogP contribution < -0.4 is 4.74 Å². The number of aromatic carboxylic acids is 1. The summed E-state index contributed by atoms with van der Waals surface area (Å²) in [5.74, 6) is -0.169. The average molecular weight is 311 g/mol. The van der Waals surface area contributed by atoms with Gasteiger partial charge in [-0.2, -0.15) is 0 Å². The van der Waals surface area contributed by atoms with Gasteiger partial charge in [-0.25, -0.2) is 9.78 Å². The normalized spacial score (nSPS) is 10.4. The molecule has 0 fully saturated rings. The number of aromatic nitrogens is 1. The maximum Gasteiger partial charge on any atom is 0.365 e. The van der Waals surface area contributed by atoms with E-state index in [1.165, 1.54) is 11.3 Å². The number of thiazole rings is 1. The molecule has 1 heterocycles. The van der Waals surface area contributed by atoms with Gasteiger partial charge in [0.15, 0.2) is 0 Å². The number of nitrogens with zero attached hydrogens (tertiary/aromatic N) is 1. The first-order valence-electron chi connectivity index (χ1n) is 6.61. The highest BCUT2D eigenvalue weighted by molar-refractivity contribution is 7.16. The van der Waals surface area contributed by atoms with Crippen molar-refractivity contribution in [2.24, 2.45) is 0 Å². The quantitative estimate of drug-likeness (QED) is 0.785. The fourth-order valence-corrected chi connectivity index (χ4v) is 2.88. The number of methoxy groups -OCH3 is 1. The van der Waals surface area contributed by atoms with Crippen LogP contribution in [0.25, 0.3) is 21.6 Å². The predicted octanol–water partition coefficient (Wildman–Crippen LogP) is 4.18. The van der Waals surface area contributed by atoms with Gasteiger partial charge in [0, 0.05) is 6.20 Å². The second kappa shape index (κ2) is 5.99. The van der Waals surface area contributed by atoms with E-state index in [0.717, 1.165) is 27.3 Å². The van der Waals surface area contributed by atoms with Crippen LogP contribution in [-0.4, -0.2) is 23.2 Å². The Bertz CT molecular complexity index is 792. The zero-order valence-corrected chi connectivity index (χ0v) is 12.6. The highest BCUT2D eigenvalue weighted by atomic mass is 32.1. The SMILES string of the molecule is COc1ccc(-c2ccc(-c3cnc(C(=O)O)s3)cc2)cc1. The van der Waals surface area contributed by atoms with Crippen LogP contribution >= 0.6 is 11.3 Å². The van der Waals surface area contributed by atoms with Gasteiger partial charge in [-0.3, -0.25) is 0 Å². The van der Waals surface area contributed by atoms with Crippen LogP contribution in [0.3, 0.4) is 0 Å². The Labute approximate surface area is 131 Å². The van der Waals surface area contributed by atoms with Crippen LogP contribution in [-0.2, 0) is 0 Å². The maximum atomic E-state index is 10.9. The molecule has 22 heavy (non-hydrogen) atoms. The van der Waals surface area contributed by atoms with Crippen molar-refractivity contribution < 1.29 is 14.6 Å². The summed E-state index contributed by atoms with van der Waals surface area (Å²) in [6.45, 7) is 0. The van der Waals surface area contributed by atoms with Gasteiger partial charge in [0.05, 0.1) is 12.0 Å². The molecule has 0 aliphatic heterocycles. The lowest BCUT2D eigenvalue weighted by Gasteiger charge is -2.05. The summed E-state index contributed by atoms with van der Waals surface area (Å²) >= 11 is 1.17. The first-order valence-corrected chi connectivity index (χ1v) is 7.43. The molecule has 0 aliphatic rings. The van der Waals surface area contributed by atoms with E-state index in [0.29, 0.717) is 0 Å². The van der Waals surface area contributed by atoms with E-state index in [2.05, 4.69) is 4.98 Å². The van der Waals surface area contributed by atoms with Crippen LogP contribution in [0.4, 0.5) is 0 Å². The fraction of sp³-hybridized carbons (Fsp3) is 0.0588. The minimum atomic E-state index is -0.994. The van der Waals surface area contributed by atoms with E-state index in [4.69, 9.17) is 9.84 Å². The molecule has 0 amide bonds. The number of carboxylic acids is 1. The Morgan fingerprint density at radius 2 is 1.55 bits per heavy atom. The van der Waals surface area contributed by atoms with Crippen molar-refractivity contribution in [2.45, 2.75) is 0 Å². The molecule has 0 atom stereocenters. The zero-order valence-electron chi connectivity index (χ0n) is 11.8. The molecule has 0 saturated heterocycles. The number of ether oxygens (including phenoxy) is 1. The Balaban J connectivity index is 1.86. The number of carboxylic acid groups (broad SMARTS) is 1. The molecule has 0 aliphatic carbocycles. The molecule has 3 rings (SSSR count). The number of hydrogen-bond donors (Lipinski definition) is 1. The van der Waals surface area contributed by atoms with E-state index in [1.54, 1.807) is 13.3 Å². The molecule has 5 heteroatoms. The predicted molar refractivity (Wildman–Crippen MR) is 86.5 cm³/mol. The summed E-state index contributed by atoms with van der Waals surface area (Å²) in [5, 5.41) is 9.02. The average Bonchev–Trinajstić information content (AvgIpc) is 3.05. The lowest BCUT2D eigenvalue weighted by atomic mass is 10.0. The summed E-state index contributed by atoms with van der Waals surface area (Å²) in [6.07, 6.45) is 1.59. The number of rotatable bonds is 4. The van der Waals surface area contributed by atoms with Crippen molar-refractivity contribution in [3.05, 3.63) is 59.7 Å². The number of benzene rings is 2. The molecule has 0 saturated carbocycles. The largest absolute Gasteiger partial charge is 0.497 e. The second-order valence-electron chi connectivity index (χ2n) is 4.64. The van der Waals surface area contributed by atoms with Gasteiger partial charge in [0.2, 0.25) is 5.01 Å². The molecule has 0 spiro atoms. The molecular formula is C17H13NO3S. The van der Waals surface area contributed by atoms with Crippen molar-refractivity contribution in [3.8, 4) is 27.3 Å². The van der Waals surface area contributed by atoms with E-state index in [-0.39, 0.29) is 5.01 Å². The highest BCUT2D eigenvalue weighted by Crippen LogP contribution is 2.29. The third-order valence-corrected chi connectivity index (χ3v) is 4.32. The van der Waals surface area contributed by atoms with E-state index in [9.17, 15) is 4.79 Å². The monoisotopic (exact) mass is 311 g/mol. The van der Waals surface area contributed by atoms with Gasteiger partial charge in [-0.05, 0) is 28.8 Å². The second-order valence-corrected chi connectivity index (χ2v) is 5.67. The molecular weight excluding hydrogens is 298 g/mol. The summed E-state index contributed by atoms with van der Waals surface area (Å²) in [7, 11) is 1.64. The number of carbonyl (C=O) groups is 1. The van der Waals surface area contributed by atoms with Crippen molar-refractivity contribution in [1.82, 2.24) is 4.98 Å². The third-order valence-electron chi connectivity index (χ3n) is 3.28. The van der Waals surface area contributed by atoms with Gasteiger partial charge in [0.25, 0.3) is 0 Å². The fourth-order valence-electron chi connectivity index (χ4n) is 2.12. The first kappa shape index (κ1) is 14.3. The van der Waals surface area contributed by atoms with E-state index >= 15 is 0 Å². The summed E-state index contributed by atoms with van der Waals surface area (Å²) in [6, 6.07) is 15.8. The lowest BCUT2D eigenvalue weighted by Crippen LogP contribution is -1.92. The van der Waals surface area contributed by atoms with Gasteiger partial charge in [-0.1, -0.05) is 36.4 Å². The standard InChI is InChI=1S/C17H13NO3S/c1-21-14-8-6-12(7-9-14)11-2-4-13(5-3-11)15-10-18-16(22-15)17(19)20/h2-10H,1H3,(H,19,20). The third kappa shape index (κ3) is 2.84. The lowest BCUT2D eigenvalue weighted by molar-refractivity contribution is 0.0696. The van der Waals surface area contributed by atoms with Crippen LogP contribution in [0, 0.1) is 0 Å². The zero-order chi connectivity index (χ0) is 15.5. The van der Waals surface area contributed by atoms with E-state index < -0.39 is 5.97 Å². The van der Waals surface area contributed by atoms with Crippen molar-refractivity contribution >= 4 is 17.3 Å².